The van der Waals surface area contributed by atoms with E-state index >= 15 is 0 Å². The molecule has 0 atom stereocenters. The summed E-state index contributed by atoms with van der Waals surface area (Å²) in [5, 5.41) is 2.70. The van der Waals surface area contributed by atoms with Gasteiger partial charge in [0.15, 0.2) is 0 Å². The summed E-state index contributed by atoms with van der Waals surface area (Å²) in [7, 11) is -5.83. The van der Waals surface area contributed by atoms with Gasteiger partial charge in [-0.1, -0.05) is 12.1 Å². The van der Waals surface area contributed by atoms with Crippen molar-refractivity contribution in [3.63, 3.8) is 0 Å². The smallest absolute Gasteiger partial charge is 0.255 e. The third-order valence-corrected chi connectivity index (χ3v) is 9.70. The average molecular weight is 540 g/mol. The fourth-order valence-corrected chi connectivity index (χ4v) is 6.89. The molecule has 196 valence electrons. The number of hydrogen-bond acceptors (Lipinski definition) is 8. The average Bonchev–Trinajstić information content (AvgIpc) is 2.90. The Balaban J connectivity index is 1.48. The van der Waals surface area contributed by atoms with Gasteiger partial charge in [0.25, 0.3) is 5.91 Å². The Kier molecular flexibility index (Phi) is 8.27. The van der Waals surface area contributed by atoms with Crippen molar-refractivity contribution in [2.24, 2.45) is 0 Å². The predicted molar refractivity (Wildman–Crippen MR) is 132 cm³/mol. The zero-order valence-electron chi connectivity index (χ0n) is 19.9. The van der Waals surface area contributed by atoms with Crippen molar-refractivity contribution in [1.29, 1.82) is 0 Å². The van der Waals surface area contributed by atoms with Crippen LogP contribution in [0.5, 0.6) is 5.75 Å². The molecule has 36 heavy (non-hydrogen) atoms. The maximum atomic E-state index is 13.0. The van der Waals surface area contributed by atoms with Gasteiger partial charge in [0.2, 0.25) is 20.0 Å². The quantitative estimate of drug-likeness (QED) is 0.528. The fraction of sp³-hybridized carbons (Fsp3) is 0.435. The van der Waals surface area contributed by atoms with Crippen molar-refractivity contribution in [3.05, 3.63) is 53.6 Å². The summed E-state index contributed by atoms with van der Waals surface area (Å²) in [6.45, 7) is 2.54. The van der Waals surface area contributed by atoms with Gasteiger partial charge in [-0.05, 0) is 35.9 Å². The molecule has 0 aromatic heterocycles. The molecule has 0 bridgehead atoms. The second-order valence-electron chi connectivity index (χ2n) is 8.30. The van der Waals surface area contributed by atoms with E-state index in [4.69, 9.17) is 14.2 Å². The number of anilines is 1. The number of nitrogens with one attached hydrogen (secondary N) is 1. The third kappa shape index (κ3) is 6.05. The minimum absolute atomic E-state index is 0.0316. The standard InChI is InChI=1S/C23H29N3O8S2/c1-32-22-7-6-20(36(30,31)26-10-14-34-15-11-26)16-21(22)24-23(27)19-4-2-18(3-5-19)17-35(28,29)25-8-12-33-13-9-25/h2-7,16H,8-15,17H2,1H3,(H,24,27). The van der Waals surface area contributed by atoms with Gasteiger partial charge in [0, 0.05) is 31.7 Å². The Hall–Kier alpha value is -2.55. The van der Waals surface area contributed by atoms with Crippen LogP contribution in [0.1, 0.15) is 15.9 Å². The van der Waals surface area contributed by atoms with Crippen LogP contribution in [0.3, 0.4) is 0 Å². The second-order valence-corrected chi connectivity index (χ2v) is 12.2. The van der Waals surface area contributed by atoms with E-state index in [2.05, 4.69) is 5.32 Å². The molecule has 1 N–H and O–H groups in total. The largest absolute Gasteiger partial charge is 0.495 e. The Labute approximate surface area is 211 Å². The summed E-state index contributed by atoms with van der Waals surface area (Å²) in [5.41, 5.74) is 1.04. The van der Waals surface area contributed by atoms with E-state index in [1.807, 2.05) is 0 Å². The number of methoxy groups -OCH3 is 1. The maximum absolute atomic E-state index is 13.0. The van der Waals surface area contributed by atoms with E-state index < -0.39 is 26.0 Å². The molecule has 2 aromatic rings. The highest BCUT2D eigenvalue weighted by Crippen LogP contribution is 2.30. The monoisotopic (exact) mass is 539 g/mol. The molecule has 2 fully saturated rings. The number of ether oxygens (including phenoxy) is 3. The van der Waals surface area contributed by atoms with Crippen LogP contribution >= 0.6 is 0 Å². The Morgan fingerprint density at radius 1 is 0.889 bits per heavy atom. The van der Waals surface area contributed by atoms with Crippen molar-refractivity contribution in [2.45, 2.75) is 10.6 Å². The highest BCUT2D eigenvalue weighted by molar-refractivity contribution is 7.89. The lowest BCUT2D eigenvalue weighted by molar-refractivity contribution is 0.0729. The number of carbonyl (C=O) groups excluding carboxylic acids is 1. The molecule has 1 amide bonds. The van der Waals surface area contributed by atoms with Crippen LogP contribution in [-0.2, 0) is 35.3 Å². The van der Waals surface area contributed by atoms with Crippen LogP contribution in [0.2, 0.25) is 0 Å². The van der Waals surface area contributed by atoms with Crippen LogP contribution in [-0.4, -0.2) is 91.1 Å². The van der Waals surface area contributed by atoms with Crippen molar-refractivity contribution in [2.75, 3.05) is 65.0 Å². The van der Waals surface area contributed by atoms with Crippen molar-refractivity contribution in [1.82, 2.24) is 8.61 Å². The number of rotatable bonds is 8. The van der Waals surface area contributed by atoms with E-state index in [1.54, 1.807) is 12.1 Å². The van der Waals surface area contributed by atoms with E-state index in [0.29, 0.717) is 50.8 Å². The van der Waals surface area contributed by atoms with Crippen LogP contribution < -0.4 is 10.1 Å². The molecule has 2 aromatic carbocycles. The number of amides is 1. The van der Waals surface area contributed by atoms with Crippen LogP contribution in [0.15, 0.2) is 47.4 Å². The molecule has 0 saturated carbocycles. The SMILES string of the molecule is COc1ccc(S(=O)(=O)N2CCOCC2)cc1NC(=O)c1ccc(CS(=O)(=O)N2CCOCC2)cc1. The van der Waals surface area contributed by atoms with Crippen LogP contribution in [0, 0.1) is 0 Å². The Morgan fingerprint density at radius 2 is 1.47 bits per heavy atom. The van der Waals surface area contributed by atoms with Crippen molar-refractivity contribution < 1.29 is 35.8 Å². The van der Waals surface area contributed by atoms with Gasteiger partial charge < -0.3 is 19.5 Å². The minimum atomic E-state index is -3.76. The molecule has 2 aliphatic heterocycles. The van der Waals surface area contributed by atoms with E-state index in [9.17, 15) is 21.6 Å². The predicted octanol–water partition coefficient (Wildman–Crippen LogP) is 1.13. The van der Waals surface area contributed by atoms with Gasteiger partial charge in [-0.3, -0.25) is 4.79 Å². The molecule has 0 radical (unpaired) electrons. The molecule has 2 heterocycles. The first kappa shape index (κ1) is 26.5. The van der Waals surface area contributed by atoms with E-state index in [1.165, 1.54) is 46.1 Å². The van der Waals surface area contributed by atoms with Gasteiger partial charge in [-0.2, -0.15) is 8.61 Å². The lowest BCUT2D eigenvalue weighted by atomic mass is 10.1. The summed E-state index contributed by atoms with van der Waals surface area (Å²) in [6.07, 6.45) is 0. The van der Waals surface area contributed by atoms with E-state index in [0.717, 1.165) is 0 Å². The Bertz CT molecular complexity index is 1290. The third-order valence-electron chi connectivity index (χ3n) is 5.96. The second kappa shape index (κ2) is 11.2. The van der Waals surface area contributed by atoms with Gasteiger partial charge in [0.05, 0.1) is 49.9 Å². The highest BCUT2D eigenvalue weighted by atomic mass is 32.2. The Morgan fingerprint density at radius 3 is 2.06 bits per heavy atom. The van der Waals surface area contributed by atoms with Crippen molar-refractivity contribution >= 4 is 31.6 Å². The first-order valence-corrected chi connectivity index (χ1v) is 14.5. The van der Waals surface area contributed by atoms with Crippen LogP contribution in [0.25, 0.3) is 0 Å². The lowest BCUT2D eigenvalue weighted by Gasteiger charge is -2.26. The molecule has 2 saturated heterocycles. The lowest BCUT2D eigenvalue weighted by Crippen LogP contribution is -2.41. The van der Waals surface area contributed by atoms with Gasteiger partial charge in [0.1, 0.15) is 5.75 Å². The number of morpholine rings is 2. The normalized spacial score (nSPS) is 18.0. The molecular weight excluding hydrogens is 510 g/mol. The molecule has 0 unspecified atom stereocenters. The van der Waals surface area contributed by atoms with E-state index in [-0.39, 0.29) is 35.0 Å². The number of sulfonamides is 2. The molecule has 13 heteroatoms. The molecule has 11 nitrogen and oxygen atoms in total. The van der Waals surface area contributed by atoms with Gasteiger partial charge in [-0.15, -0.1) is 0 Å². The fourth-order valence-electron chi connectivity index (χ4n) is 3.95. The molecule has 0 aliphatic carbocycles. The minimum Gasteiger partial charge on any atom is -0.495 e. The summed E-state index contributed by atoms with van der Waals surface area (Å²) < 4.78 is 69.8. The summed E-state index contributed by atoms with van der Waals surface area (Å²) in [6, 6.07) is 10.5. The maximum Gasteiger partial charge on any atom is 0.255 e. The van der Waals surface area contributed by atoms with Gasteiger partial charge in [-0.25, -0.2) is 16.8 Å². The number of hydrogen-bond donors (Lipinski definition) is 1. The number of carbonyl (C=O) groups is 1. The first-order chi connectivity index (χ1) is 17.2. The zero-order valence-corrected chi connectivity index (χ0v) is 21.5. The van der Waals surface area contributed by atoms with Gasteiger partial charge >= 0.3 is 0 Å². The number of benzene rings is 2. The molecule has 4 rings (SSSR count). The molecule has 2 aliphatic rings. The first-order valence-electron chi connectivity index (χ1n) is 11.4. The zero-order chi connectivity index (χ0) is 25.8. The van der Waals surface area contributed by atoms with Crippen LogP contribution in [0.4, 0.5) is 5.69 Å². The molecule has 0 spiro atoms. The molecular formula is C23H29N3O8S2. The summed E-state index contributed by atoms with van der Waals surface area (Å²) >= 11 is 0. The number of nitrogens with zero attached hydrogens (tertiary/aromatic N) is 2. The van der Waals surface area contributed by atoms with Crippen molar-refractivity contribution in [3.8, 4) is 5.75 Å². The summed E-state index contributed by atoms with van der Waals surface area (Å²) in [4.78, 5) is 12.9. The topological polar surface area (TPSA) is 132 Å². The summed E-state index contributed by atoms with van der Waals surface area (Å²) in [5.74, 6) is -0.362. The highest BCUT2D eigenvalue weighted by Gasteiger charge is 2.28.